The molecule has 55 heavy (non-hydrogen) atoms. The summed E-state index contributed by atoms with van der Waals surface area (Å²) in [5.41, 5.74) is 5.50. The highest BCUT2D eigenvalue weighted by Crippen LogP contribution is 2.42. The zero-order valence-corrected chi connectivity index (χ0v) is 32.1. The number of hydrogen-bond donors (Lipinski definition) is 3. The van der Waals surface area contributed by atoms with Gasteiger partial charge in [0.15, 0.2) is 0 Å². The molecule has 2 saturated heterocycles. The van der Waals surface area contributed by atoms with E-state index in [1.807, 2.05) is 60.5 Å². The number of rotatable bonds is 12. The quantitative estimate of drug-likeness (QED) is 0.120. The van der Waals surface area contributed by atoms with Crippen molar-refractivity contribution in [1.29, 1.82) is 0 Å². The summed E-state index contributed by atoms with van der Waals surface area (Å²) < 4.78 is 46.3. The van der Waals surface area contributed by atoms with Gasteiger partial charge in [0.1, 0.15) is 17.3 Å². The maximum absolute atomic E-state index is 13.8. The third kappa shape index (κ3) is 8.62. The molecule has 7 rings (SSSR count). The van der Waals surface area contributed by atoms with Crippen LogP contribution < -0.4 is 10.1 Å². The molecule has 3 N–H and O–H groups in total. The first-order valence-electron chi connectivity index (χ1n) is 18.3. The number of aryl methyl sites for hydroxylation is 3. The molecule has 15 heteroatoms. The van der Waals surface area contributed by atoms with Gasteiger partial charge in [0.2, 0.25) is 0 Å². The Labute approximate surface area is 322 Å². The molecule has 5 aromatic rings. The molecule has 2 aromatic heterocycles. The molecule has 294 valence electrons. The van der Waals surface area contributed by atoms with Crippen LogP contribution >= 0.6 is 11.6 Å². The Hall–Kier alpha value is -4.63. The smallest absolute Gasteiger partial charge is 0.374 e. The molecule has 11 nitrogen and oxygen atoms in total. The van der Waals surface area contributed by atoms with Gasteiger partial charge in [-0.25, -0.2) is 14.0 Å². The van der Waals surface area contributed by atoms with E-state index >= 15 is 0 Å². The van der Waals surface area contributed by atoms with Crippen LogP contribution in [0.5, 0.6) is 5.75 Å². The van der Waals surface area contributed by atoms with Crippen LogP contribution in [0.25, 0.3) is 32.8 Å². The average molecular weight is 783 g/mol. The average Bonchev–Trinajstić information content (AvgIpc) is 3.57. The molecule has 0 spiro atoms. The van der Waals surface area contributed by atoms with E-state index in [1.54, 1.807) is 6.07 Å². The number of nitrogens with zero attached hydrogens (tertiary/aromatic N) is 5. The predicted octanol–water partition coefficient (Wildman–Crippen LogP) is 6.63. The number of hydrogen-bond acceptors (Lipinski definition) is 7. The second kappa shape index (κ2) is 16.6. The molecule has 0 amide bonds. The molecule has 2 aliphatic heterocycles. The van der Waals surface area contributed by atoms with Crippen molar-refractivity contribution in [3.63, 3.8) is 0 Å². The molecule has 2 fully saturated rings. The molecular weight excluding hydrogens is 737 g/mol. The summed E-state index contributed by atoms with van der Waals surface area (Å²) in [6.07, 6.45) is 1.10. The van der Waals surface area contributed by atoms with Gasteiger partial charge in [0, 0.05) is 100.0 Å². The van der Waals surface area contributed by atoms with Gasteiger partial charge >= 0.3 is 17.9 Å². The molecule has 0 unspecified atom stereocenters. The number of fused-ring (bicyclic) bond motifs is 2. The highest BCUT2D eigenvalue weighted by Gasteiger charge is 2.34. The van der Waals surface area contributed by atoms with Gasteiger partial charge in [-0.3, -0.25) is 14.5 Å². The lowest BCUT2D eigenvalue weighted by Gasteiger charge is -2.47. The van der Waals surface area contributed by atoms with E-state index in [0.29, 0.717) is 55.4 Å². The van der Waals surface area contributed by atoms with Crippen molar-refractivity contribution in [2.75, 3.05) is 52.4 Å². The third-order valence-electron chi connectivity index (χ3n) is 10.5. The largest absolute Gasteiger partial charge is 0.493 e. The standard InChI is InChI=1S/C37H42ClFN6O3.C3H4F2O2/c1-23-33(24(2)42(3)41-23)34-31(38)12-11-30-29(7-5-19-48-32-8-4-6-25-20-26(39)9-10-28(25)32)36(37(46)47)45(35(30)34)18-17-43-21-27(22-43)44-15-13-40-14-16-44;1-3(4,5)2(6)7/h4,6,8-12,20,27,40H,5,7,13-19,21-22H2,1-3H3,(H,46,47);1H3,(H,6,7). The Morgan fingerprint density at radius 2 is 1.71 bits per heavy atom. The fraction of sp³-hybridized carbons (Fsp3) is 0.425. The summed E-state index contributed by atoms with van der Waals surface area (Å²) in [6.45, 7) is 12.1. The molecular formula is C40H46ClF3N6O5. The summed E-state index contributed by atoms with van der Waals surface area (Å²) in [7, 11) is 1.91. The number of nitrogens with one attached hydrogen (secondary N) is 1. The topological polar surface area (TPSA) is 125 Å². The number of benzene rings is 3. The Bertz CT molecular complexity index is 2210. The Morgan fingerprint density at radius 1 is 1.02 bits per heavy atom. The van der Waals surface area contributed by atoms with Gasteiger partial charge in [0.05, 0.1) is 22.8 Å². The third-order valence-corrected chi connectivity index (χ3v) is 10.8. The minimum Gasteiger partial charge on any atom is -0.493 e. The number of piperazine rings is 1. The number of aliphatic carboxylic acids is 1. The van der Waals surface area contributed by atoms with Gasteiger partial charge < -0.3 is 24.8 Å². The summed E-state index contributed by atoms with van der Waals surface area (Å²) >= 11 is 7.00. The first kappa shape index (κ1) is 40.0. The van der Waals surface area contributed by atoms with E-state index < -0.39 is 17.9 Å². The number of carboxylic acid groups (broad SMARTS) is 2. The van der Waals surface area contributed by atoms with Crippen molar-refractivity contribution in [3.8, 4) is 16.9 Å². The Kier molecular flexibility index (Phi) is 12.1. The SMILES string of the molecule is CC(F)(F)C(=O)O.Cc1nn(C)c(C)c1-c1c(Cl)ccc2c(CCCOc3cccc4cc(F)ccc34)c(C(=O)O)n(CCN3CC(N4CCNCC4)C3)c12. The lowest BCUT2D eigenvalue weighted by atomic mass is 9.98. The van der Waals surface area contributed by atoms with Gasteiger partial charge in [-0.1, -0.05) is 29.8 Å². The number of carboxylic acids is 2. The van der Waals surface area contributed by atoms with Crippen molar-refractivity contribution in [3.05, 3.63) is 82.0 Å². The minimum absolute atomic E-state index is 0.290. The number of aromatic nitrogens is 3. The maximum Gasteiger partial charge on any atom is 0.374 e. The van der Waals surface area contributed by atoms with Crippen LogP contribution in [0.4, 0.5) is 13.2 Å². The second-order valence-electron chi connectivity index (χ2n) is 14.2. The number of carbonyl (C=O) groups is 2. The van der Waals surface area contributed by atoms with Crippen LogP contribution in [0.1, 0.15) is 40.8 Å². The van der Waals surface area contributed by atoms with Crippen LogP contribution in [-0.2, 0) is 24.8 Å². The van der Waals surface area contributed by atoms with Crippen LogP contribution in [0.2, 0.25) is 5.02 Å². The molecule has 0 bridgehead atoms. The van der Waals surface area contributed by atoms with Crippen molar-refractivity contribution in [2.45, 2.75) is 52.1 Å². The summed E-state index contributed by atoms with van der Waals surface area (Å²) in [6, 6.07) is 14.6. The van der Waals surface area contributed by atoms with Crippen molar-refractivity contribution in [2.24, 2.45) is 7.05 Å². The highest BCUT2D eigenvalue weighted by molar-refractivity contribution is 6.35. The van der Waals surface area contributed by atoms with Gasteiger partial charge in [-0.15, -0.1) is 0 Å². The molecule has 4 heterocycles. The monoisotopic (exact) mass is 782 g/mol. The number of ether oxygens (including phenoxy) is 1. The predicted molar refractivity (Wildman–Crippen MR) is 206 cm³/mol. The Balaban J connectivity index is 0.000000672. The molecule has 0 atom stereocenters. The van der Waals surface area contributed by atoms with E-state index in [-0.39, 0.29) is 5.82 Å². The summed E-state index contributed by atoms with van der Waals surface area (Å²) in [4.78, 5) is 27.4. The first-order chi connectivity index (χ1) is 26.1. The van der Waals surface area contributed by atoms with Gasteiger partial charge in [0.25, 0.3) is 0 Å². The number of likely N-dealkylation sites (tertiary alicyclic amines) is 1. The lowest BCUT2D eigenvalue weighted by molar-refractivity contribution is -0.161. The van der Waals surface area contributed by atoms with E-state index in [1.165, 1.54) is 12.1 Å². The van der Waals surface area contributed by atoms with Gasteiger partial charge in [-0.05, 0) is 68.0 Å². The zero-order valence-electron chi connectivity index (χ0n) is 31.3. The molecule has 0 radical (unpaired) electrons. The van der Waals surface area contributed by atoms with Crippen molar-refractivity contribution < 1.29 is 37.7 Å². The van der Waals surface area contributed by atoms with Crippen LogP contribution in [-0.4, -0.2) is 111 Å². The molecule has 0 aliphatic carbocycles. The van der Waals surface area contributed by atoms with E-state index in [4.69, 9.17) is 21.4 Å². The Morgan fingerprint density at radius 3 is 2.35 bits per heavy atom. The zero-order chi connectivity index (χ0) is 39.6. The minimum atomic E-state index is -3.58. The maximum atomic E-state index is 13.8. The summed E-state index contributed by atoms with van der Waals surface area (Å²) in [5, 5.41) is 29.4. The number of halogens is 4. The van der Waals surface area contributed by atoms with Crippen LogP contribution in [0.3, 0.4) is 0 Å². The number of alkyl halides is 2. The van der Waals surface area contributed by atoms with Crippen LogP contribution in [0.15, 0.2) is 48.5 Å². The fourth-order valence-electron chi connectivity index (χ4n) is 7.61. The van der Waals surface area contributed by atoms with E-state index in [9.17, 15) is 27.9 Å². The summed E-state index contributed by atoms with van der Waals surface area (Å²) in [5.74, 6) is -6.24. The molecule has 3 aromatic carbocycles. The molecule has 2 aliphatic rings. The normalized spacial score (nSPS) is 15.6. The van der Waals surface area contributed by atoms with E-state index in [0.717, 1.165) is 95.6 Å². The highest BCUT2D eigenvalue weighted by atomic mass is 35.5. The second-order valence-corrected chi connectivity index (χ2v) is 14.6. The van der Waals surface area contributed by atoms with Crippen molar-refractivity contribution >= 4 is 45.2 Å². The lowest BCUT2D eigenvalue weighted by Crippen LogP contribution is -2.62. The van der Waals surface area contributed by atoms with E-state index in [2.05, 4.69) is 20.2 Å². The van der Waals surface area contributed by atoms with Crippen molar-refractivity contribution in [1.82, 2.24) is 29.5 Å². The first-order valence-corrected chi connectivity index (χ1v) is 18.7. The number of aromatic carboxylic acids is 1. The molecule has 0 saturated carbocycles. The van der Waals surface area contributed by atoms with Gasteiger partial charge in [-0.2, -0.15) is 13.9 Å². The van der Waals surface area contributed by atoms with Crippen LogP contribution in [0, 0.1) is 19.7 Å². The fourth-order valence-corrected chi connectivity index (χ4v) is 7.86.